The predicted molar refractivity (Wildman–Crippen MR) is 56.2 cm³/mol. The summed E-state index contributed by atoms with van der Waals surface area (Å²) in [6, 6.07) is 0.506. The third-order valence-electron chi connectivity index (χ3n) is 2.74. The van der Waals surface area contributed by atoms with Crippen molar-refractivity contribution in [3.63, 3.8) is 0 Å². The average molecular weight is 175 g/mol. The molecule has 0 bridgehead atoms. The normalized spacial score (nSPS) is 31.2. The summed E-state index contributed by atoms with van der Waals surface area (Å²) in [5.74, 6) is 0.569. The highest BCUT2D eigenvalue weighted by molar-refractivity contribution is 5.35. The fourth-order valence-electron chi connectivity index (χ4n) is 1.82. The molecule has 0 fully saturated rings. The van der Waals surface area contributed by atoms with Gasteiger partial charge in [0.05, 0.1) is 6.04 Å². The van der Waals surface area contributed by atoms with Crippen molar-refractivity contribution in [2.24, 2.45) is 11.3 Å². The van der Waals surface area contributed by atoms with Crippen LogP contribution >= 0.6 is 0 Å². The van der Waals surface area contributed by atoms with Crippen LogP contribution < -0.4 is 5.32 Å². The van der Waals surface area contributed by atoms with Crippen molar-refractivity contribution in [1.29, 1.82) is 0 Å². The Morgan fingerprint density at radius 1 is 1.23 bits per heavy atom. The second-order valence-corrected chi connectivity index (χ2v) is 4.86. The van der Waals surface area contributed by atoms with Crippen molar-refractivity contribution < 1.29 is 0 Å². The third kappa shape index (κ3) is 1.55. The predicted octanol–water partition coefficient (Wildman–Crippen LogP) is 2.63. The fraction of sp³-hybridized carbons (Fsp3) is 0.500. The summed E-state index contributed by atoms with van der Waals surface area (Å²) < 4.78 is 0. The number of allylic oxidation sites excluding steroid dienone is 2. The first-order valence-electron chi connectivity index (χ1n) is 4.90. The second kappa shape index (κ2) is 2.76. The van der Waals surface area contributed by atoms with Crippen molar-refractivity contribution in [2.45, 2.75) is 26.8 Å². The minimum absolute atomic E-state index is 0.276. The van der Waals surface area contributed by atoms with E-state index in [9.17, 15) is 0 Å². The Morgan fingerprint density at radius 3 is 2.69 bits per heavy atom. The third-order valence-corrected chi connectivity index (χ3v) is 2.74. The van der Waals surface area contributed by atoms with Gasteiger partial charge in [0.25, 0.3) is 0 Å². The fourth-order valence-corrected chi connectivity index (χ4v) is 1.82. The lowest BCUT2D eigenvalue weighted by atomic mass is 9.80. The summed E-state index contributed by atoms with van der Waals surface area (Å²) >= 11 is 0. The van der Waals surface area contributed by atoms with Gasteiger partial charge in [-0.2, -0.15) is 0 Å². The molecule has 1 N–H and O–H groups in total. The number of rotatable bonds is 0. The van der Waals surface area contributed by atoms with Crippen LogP contribution in [0.3, 0.4) is 0 Å². The molecule has 13 heavy (non-hydrogen) atoms. The Labute approximate surface area is 80.2 Å². The van der Waals surface area contributed by atoms with Crippen LogP contribution in [0, 0.1) is 11.3 Å². The molecule has 2 atom stereocenters. The summed E-state index contributed by atoms with van der Waals surface area (Å²) in [4.78, 5) is 0. The molecular formula is C12H17N. The van der Waals surface area contributed by atoms with Gasteiger partial charge >= 0.3 is 0 Å². The lowest BCUT2D eigenvalue weighted by Gasteiger charge is -2.26. The second-order valence-electron chi connectivity index (χ2n) is 4.86. The van der Waals surface area contributed by atoms with Gasteiger partial charge < -0.3 is 5.32 Å². The lowest BCUT2D eigenvalue weighted by Crippen LogP contribution is -2.26. The molecule has 70 valence electrons. The SMILES string of the molecule is CC(C)(C)C1=CC2C=CNC2C=C1. The van der Waals surface area contributed by atoms with Gasteiger partial charge in [-0.1, -0.05) is 45.1 Å². The van der Waals surface area contributed by atoms with Gasteiger partial charge in [-0.15, -0.1) is 0 Å². The summed E-state index contributed by atoms with van der Waals surface area (Å²) in [6.07, 6.45) is 11.2. The zero-order valence-electron chi connectivity index (χ0n) is 8.54. The maximum Gasteiger partial charge on any atom is 0.0540 e. The molecule has 2 aliphatic rings. The monoisotopic (exact) mass is 175 g/mol. The molecular weight excluding hydrogens is 158 g/mol. The van der Waals surface area contributed by atoms with Gasteiger partial charge in [0.2, 0.25) is 0 Å². The van der Waals surface area contributed by atoms with E-state index in [1.165, 1.54) is 5.57 Å². The van der Waals surface area contributed by atoms with Crippen molar-refractivity contribution in [2.75, 3.05) is 0 Å². The highest BCUT2D eigenvalue weighted by Crippen LogP contribution is 2.32. The summed E-state index contributed by atoms with van der Waals surface area (Å²) in [5.41, 5.74) is 1.72. The molecule has 1 aliphatic carbocycles. The smallest absolute Gasteiger partial charge is 0.0540 e. The van der Waals surface area contributed by atoms with Gasteiger partial charge in [-0.3, -0.25) is 0 Å². The quantitative estimate of drug-likeness (QED) is 0.597. The van der Waals surface area contributed by atoms with E-state index in [4.69, 9.17) is 0 Å². The number of nitrogens with one attached hydrogen (secondary N) is 1. The Hall–Kier alpha value is -0.980. The van der Waals surface area contributed by atoms with Gasteiger partial charge in [-0.05, 0) is 17.2 Å². The minimum atomic E-state index is 0.276. The van der Waals surface area contributed by atoms with E-state index in [0.717, 1.165) is 0 Å². The molecule has 1 heteroatoms. The molecule has 0 spiro atoms. The van der Waals surface area contributed by atoms with E-state index in [-0.39, 0.29) is 5.41 Å². The van der Waals surface area contributed by atoms with Crippen LogP contribution in [-0.4, -0.2) is 6.04 Å². The van der Waals surface area contributed by atoms with E-state index < -0.39 is 0 Å². The van der Waals surface area contributed by atoms with Crippen LogP contribution in [-0.2, 0) is 0 Å². The van der Waals surface area contributed by atoms with Crippen LogP contribution in [0.1, 0.15) is 20.8 Å². The van der Waals surface area contributed by atoms with E-state index >= 15 is 0 Å². The zero-order chi connectivity index (χ0) is 9.47. The largest absolute Gasteiger partial charge is 0.384 e. The average Bonchev–Trinajstić information content (AvgIpc) is 2.47. The van der Waals surface area contributed by atoms with E-state index in [1.54, 1.807) is 0 Å². The molecule has 0 aromatic carbocycles. The van der Waals surface area contributed by atoms with E-state index in [0.29, 0.717) is 12.0 Å². The Kier molecular flexibility index (Phi) is 1.83. The molecule has 1 heterocycles. The molecule has 0 radical (unpaired) electrons. The molecule has 2 unspecified atom stereocenters. The maximum atomic E-state index is 3.32. The van der Waals surface area contributed by atoms with Gasteiger partial charge in [0.1, 0.15) is 0 Å². The number of hydrogen-bond acceptors (Lipinski definition) is 1. The van der Waals surface area contributed by atoms with Crippen LogP contribution in [0.4, 0.5) is 0 Å². The molecule has 2 rings (SSSR count). The first-order valence-corrected chi connectivity index (χ1v) is 4.90. The first-order chi connectivity index (χ1) is 6.07. The van der Waals surface area contributed by atoms with E-state index in [2.05, 4.69) is 56.6 Å². The van der Waals surface area contributed by atoms with Gasteiger partial charge in [0.15, 0.2) is 0 Å². The Balaban J connectivity index is 2.24. The molecule has 0 aromatic rings. The van der Waals surface area contributed by atoms with Crippen LogP contribution in [0.25, 0.3) is 0 Å². The zero-order valence-corrected chi connectivity index (χ0v) is 8.54. The minimum Gasteiger partial charge on any atom is -0.384 e. The van der Waals surface area contributed by atoms with E-state index in [1.807, 2.05) is 0 Å². The molecule has 0 amide bonds. The number of fused-ring (bicyclic) bond motifs is 1. The molecule has 0 saturated heterocycles. The highest BCUT2D eigenvalue weighted by atomic mass is 14.9. The van der Waals surface area contributed by atoms with Crippen molar-refractivity contribution in [1.82, 2.24) is 5.32 Å². The summed E-state index contributed by atoms with van der Waals surface area (Å²) in [6.45, 7) is 6.78. The summed E-state index contributed by atoms with van der Waals surface area (Å²) in [5, 5.41) is 3.32. The van der Waals surface area contributed by atoms with Gasteiger partial charge in [-0.25, -0.2) is 0 Å². The molecule has 1 nitrogen and oxygen atoms in total. The topological polar surface area (TPSA) is 12.0 Å². The van der Waals surface area contributed by atoms with Crippen molar-refractivity contribution >= 4 is 0 Å². The standard InChI is InChI=1S/C12H17N/c1-12(2,3)10-4-5-11-9(8-10)6-7-13-11/h4-9,11,13H,1-3H3. The molecule has 1 aliphatic heterocycles. The lowest BCUT2D eigenvalue weighted by molar-refractivity contribution is 0.501. The van der Waals surface area contributed by atoms with Crippen LogP contribution in [0.5, 0.6) is 0 Å². The Morgan fingerprint density at radius 2 is 2.00 bits per heavy atom. The highest BCUT2D eigenvalue weighted by Gasteiger charge is 2.25. The number of hydrogen-bond donors (Lipinski definition) is 1. The Bertz CT molecular complexity index is 289. The van der Waals surface area contributed by atoms with Crippen molar-refractivity contribution in [3.05, 3.63) is 36.1 Å². The van der Waals surface area contributed by atoms with Gasteiger partial charge in [0, 0.05) is 5.92 Å². The summed E-state index contributed by atoms with van der Waals surface area (Å²) in [7, 11) is 0. The van der Waals surface area contributed by atoms with Crippen LogP contribution in [0.2, 0.25) is 0 Å². The maximum absolute atomic E-state index is 3.32. The van der Waals surface area contributed by atoms with Crippen LogP contribution in [0.15, 0.2) is 36.1 Å². The molecule has 0 saturated carbocycles. The molecule has 0 aromatic heterocycles. The van der Waals surface area contributed by atoms with Crippen molar-refractivity contribution in [3.8, 4) is 0 Å². The first kappa shape index (κ1) is 8.61.